The van der Waals surface area contributed by atoms with E-state index in [1.165, 1.54) is 24.3 Å². The number of benzene rings is 2. The van der Waals surface area contributed by atoms with Gasteiger partial charge in [0.2, 0.25) is 5.91 Å². The second-order valence-electron chi connectivity index (χ2n) is 7.13. The number of ketones is 1. The first kappa shape index (κ1) is 18.0. The summed E-state index contributed by atoms with van der Waals surface area (Å²) in [4.78, 5) is 35.6. The van der Waals surface area contributed by atoms with Crippen LogP contribution in [0.2, 0.25) is 0 Å². The third-order valence-corrected chi connectivity index (χ3v) is 5.38. The largest absolute Gasteiger partial charge is 0.329 e. The fraction of sp³-hybridized carbons (Fsp3) is 0.238. The van der Waals surface area contributed by atoms with Gasteiger partial charge in [-0.25, -0.2) is 4.39 Å². The second-order valence-corrected chi connectivity index (χ2v) is 7.13. The molecule has 0 fully saturated rings. The normalized spacial score (nSPS) is 21.9. The van der Waals surface area contributed by atoms with E-state index in [2.05, 4.69) is 5.32 Å². The molecule has 2 aromatic carbocycles. The molecular formula is C21H17FN2O4. The molecule has 0 saturated heterocycles. The predicted molar refractivity (Wildman–Crippen MR) is 99.0 cm³/mol. The lowest BCUT2D eigenvalue weighted by Crippen LogP contribution is -2.38. The van der Waals surface area contributed by atoms with Gasteiger partial charge in [-0.1, -0.05) is 24.3 Å². The van der Waals surface area contributed by atoms with E-state index in [0.717, 1.165) is 5.56 Å². The fourth-order valence-electron chi connectivity index (χ4n) is 4.04. The average Bonchev–Trinajstić information content (AvgIpc) is 2.67. The van der Waals surface area contributed by atoms with Crippen molar-refractivity contribution in [2.24, 2.45) is 0 Å². The van der Waals surface area contributed by atoms with Gasteiger partial charge < -0.3 is 5.32 Å². The third kappa shape index (κ3) is 3.31. The Kier molecular flexibility index (Phi) is 4.50. The van der Waals surface area contributed by atoms with Gasteiger partial charge in [-0.3, -0.25) is 19.7 Å². The Hall–Kier alpha value is -3.35. The first-order chi connectivity index (χ1) is 13.4. The monoisotopic (exact) mass is 380 g/mol. The molecule has 2 aliphatic rings. The van der Waals surface area contributed by atoms with Crippen LogP contribution in [-0.2, 0) is 9.59 Å². The molecule has 0 saturated carbocycles. The maximum atomic E-state index is 13.2. The van der Waals surface area contributed by atoms with Crippen LogP contribution in [0.1, 0.15) is 42.2 Å². The van der Waals surface area contributed by atoms with Crippen LogP contribution >= 0.6 is 0 Å². The summed E-state index contributed by atoms with van der Waals surface area (Å²) in [5, 5.41) is 13.7. The number of nitro benzene ring substituents is 1. The van der Waals surface area contributed by atoms with Crippen molar-refractivity contribution in [3.05, 3.63) is 86.9 Å². The van der Waals surface area contributed by atoms with E-state index in [4.69, 9.17) is 0 Å². The zero-order valence-corrected chi connectivity index (χ0v) is 14.9. The van der Waals surface area contributed by atoms with Gasteiger partial charge in [-0.2, -0.15) is 0 Å². The highest BCUT2D eigenvalue weighted by Crippen LogP contribution is 2.42. The lowest BCUT2D eigenvalue weighted by Gasteiger charge is -2.34. The van der Waals surface area contributed by atoms with E-state index in [9.17, 15) is 24.1 Å². The molecule has 1 aliphatic carbocycles. The van der Waals surface area contributed by atoms with Gasteiger partial charge in [-0.15, -0.1) is 0 Å². The van der Waals surface area contributed by atoms with Crippen molar-refractivity contribution in [1.29, 1.82) is 0 Å². The number of carbonyl (C=O) groups is 2. The van der Waals surface area contributed by atoms with E-state index in [-0.39, 0.29) is 42.0 Å². The molecule has 0 aromatic heterocycles. The second kappa shape index (κ2) is 6.99. The summed E-state index contributed by atoms with van der Waals surface area (Å²) < 4.78 is 13.2. The summed E-state index contributed by atoms with van der Waals surface area (Å²) in [5.41, 5.74) is 2.70. The van der Waals surface area contributed by atoms with Crippen molar-refractivity contribution in [3.63, 3.8) is 0 Å². The van der Waals surface area contributed by atoms with Crippen LogP contribution in [0.4, 0.5) is 10.1 Å². The minimum Gasteiger partial charge on any atom is -0.329 e. The Morgan fingerprint density at radius 1 is 0.929 bits per heavy atom. The Bertz CT molecular complexity index is 996. The molecule has 4 rings (SSSR count). The number of non-ortho nitro benzene ring substituents is 1. The number of Topliss-reactive ketones (excluding diaryl/α,β-unsaturated/α-hetero) is 1. The first-order valence-corrected chi connectivity index (χ1v) is 8.98. The number of nitrogens with zero attached hydrogens (tertiary/aromatic N) is 1. The quantitative estimate of drug-likeness (QED) is 0.649. The fourth-order valence-corrected chi connectivity index (χ4v) is 4.04. The van der Waals surface area contributed by atoms with E-state index in [1.54, 1.807) is 24.3 Å². The van der Waals surface area contributed by atoms with Gasteiger partial charge in [0.25, 0.3) is 5.69 Å². The van der Waals surface area contributed by atoms with Gasteiger partial charge in [0.05, 0.1) is 4.92 Å². The topological polar surface area (TPSA) is 89.3 Å². The molecular weight excluding hydrogens is 363 g/mol. The SMILES string of the molecule is O=C1C[C@@H](c2ccc([N+](=O)[O-])cc2)C2=C(C[C@@H](c3ccc(F)cc3)CC2=O)N1. The highest BCUT2D eigenvalue weighted by Gasteiger charge is 2.38. The molecule has 2 atom stereocenters. The lowest BCUT2D eigenvalue weighted by molar-refractivity contribution is -0.384. The van der Waals surface area contributed by atoms with Gasteiger partial charge >= 0.3 is 0 Å². The van der Waals surface area contributed by atoms with Crippen molar-refractivity contribution < 1.29 is 18.9 Å². The summed E-state index contributed by atoms with van der Waals surface area (Å²) in [5.74, 6) is -1.11. The molecule has 142 valence electrons. The molecule has 1 heterocycles. The smallest absolute Gasteiger partial charge is 0.269 e. The maximum Gasteiger partial charge on any atom is 0.269 e. The highest BCUT2D eigenvalue weighted by molar-refractivity contribution is 6.02. The zero-order chi connectivity index (χ0) is 19.8. The van der Waals surface area contributed by atoms with Gasteiger partial charge in [-0.05, 0) is 35.6 Å². The summed E-state index contributed by atoms with van der Waals surface area (Å²) in [6.45, 7) is 0. The van der Waals surface area contributed by atoms with Crippen molar-refractivity contribution in [3.8, 4) is 0 Å². The molecule has 0 spiro atoms. The summed E-state index contributed by atoms with van der Waals surface area (Å²) in [6, 6.07) is 12.0. The predicted octanol–water partition coefficient (Wildman–Crippen LogP) is 3.74. The number of rotatable bonds is 3. The Labute approximate surface area is 160 Å². The van der Waals surface area contributed by atoms with Crippen LogP contribution in [0.3, 0.4) is 0 Å². The number of allylic oxidation sites excluding steroid dienone is 2. The summed E-state index contributed by atoms with van der Waals surface area (Å²) in [7, 11) is 0. The minimum absolute atomic E-state index is 0.0374. The molecule has 6 nitrogen and oxygen atoms in total. The van der Waals surface area contributed by atoms with Crippen LogP contribution in [0.15, 0.2) is 59.8 Å². The number of nitrogens with one attached hydrogen (secondary N) is 1. The average molecular weight is 380 g/mol. The van der Waals surface area contributed by atoms with Gasteiger partial charge in [0.15, 0.2) is 5.78 Å². The molecule has 1 N–H and O–H groups in total. The number of halogens is 1. The highest BCUT2D eigenvalue weighted by atomic mass is 19.1. The summed E-state index contributed by atoms with van der Waals surface area (Å²) >= 11 is 0. The van der Waals surface area contributed by atoms with Crippen molar-refractivity contribution in [2.75, 3.05) is 0 Å². The van der Waals surface area contributed by atoms with E-state index in [0.29, 0.717) is 23.3 Å². The molecule has 0 radical (unpaired) electrons. The first-order valence-electron chi connectivity index (χ1n) is 8.98. The summed E-state index contributed by atoms with van der Waals surface area (Å²) in [6.07, 6.45) is 0.898. The Morgan fingerprint density at radius 3 is 2.21 bits per heavy atom. The van der Waals surface area contributed by atoms with Crippen molar-refractivity contribution in [2.45, 2.75) is 31.1 Å². The van der Waals surface area contributed by atoms with E-state index in [1.807, 2.05) is 0 Å². The third-order valence-electron chi connectivity index (χ3n) is 5.38. The number of hydrogen-bond donors (Lipinski definition) is 1. The Balaban J connectivity index is 1.68. The zero-order valence-electron chi connectivity index (χ0n) is 14.9. The molecule has 7 heteroatoms. The molecule has 1 aliphatic heterocycles. The number of hydrogen-bond acceptors (Lipinski definition) is 4. The number of carbonyl (C=O) groups excluding carboxylic acids is 2. The van der Waals surface area contributed by atoms with E-state index < -0.39 is 10.8 Å². The van der Waals surface area contributed by atoms with Crippen LogP contribution < -0.4 is 5.32 Å². The van der Waals surface area contributed by atoms with Crippen LogP contribution in [0.5, 0.6) is 0 Å². The molecule has 0 bridgehead atoms. The number of nitro groups is 1. The van der Waals surface area contributed by atoms with Crippen LogP contribution in [0, 0.1) is 15.9 Å². The molecule has 2 aromatic rings. The maximum absolute atomic E-state index is 13.2. The molecule has 28 heavy (non-hydrogen) atoms. The van der Waals surface area contributed by atoms with Crippen molar-refractivity contribution >= 4 is 17.4 Å². The van der Waals surface area contributed by atoms with Crippen molar-refractivity contribution in [1.82, 2.24) is 5.32 Å². The number of amides is 1. The van der Waals surface area contributed by atoms with Crippen LogP contribution in [0.25, 0.3) is 0 Å². The van der Waals surface area contributed by atoms with Gasteiger partial charge in [0.1, 0.15) is 5.82 Å². The minimum atomic E-state index is -0.485. The molecule has 1 amide bonds. The lowest BCUT2D eigenvalue weighted by atomic mass is 9.73. The van der Waals surface area contributed by atoms with Crippen LogP contribution in [-0.4, -0.2) is 16.6 Å². The molecule has 0 unspecified atom stereocenters. The standard InChI is InChI=1S/C21H17FN2O4/c22-15-5-1-12(2-6-15)14-9-18-21(19(25)10-14)17(11-20(26)23-18)13-3-7-16(8-4-13)24(27)28/h1-8,14,17H,9-11H2,(H,23,26)/t14-,17+/m1/s1. The van der Waals surface area contributed by atoms with E-state index >= 15 is 0 Å². The Morgan fingerprint density at radius 2 is 1.57 bits per heavy atom. The van der Waals surface area contributed by atoms with Gasteiger partial charge in [0, 0.05) is 42.2 Å².